The molecular weight excluding hydrogens is 1300 g/mol. The summed E-state index contributed by atoms with van der Waals surface area (Å²) in [5.74, 6) is -14.3. The molecule has 0 aliphatic carbocycles. The Hall–Kier alpha value is -7.44. The van der Waals surface area contributed by atoms with Crippen LogP contribution in [0, 0.1) is 35.5 Å². The predicted octanol–water partition coefficient (Wildman–Crippen LogP) is 3.94. The lowest BCUT2D eigenvalue weighted by Crippen LogP contribution is -2.65. The van der Waals surface area contributed by atoms with Gasteiger partial charge in [0.05, 0.1) is 19.8 Å². The second-order valence-corrected chi connectivity index (χ2v) is 28.8. The van der Waals surface area contributed by atoms with E-state index in [4.69, 9.17) is 9.47 Å². The summed E-state index contributed by atoms with van der Waals surface area (Å²) in [6.07, 6.45) is -4.78. The van der Waals surface area contributed by atoms with Crippen molar-refractivity contribution in [2.75, 3.05) is 76.1 Å². The number of aliphatic hydroxyl groups excluding tert-OH is 1. The average molecular weight is 1420 g/mol. The van der Waals surface area contributed by atoms with Crippen LogP contribution in [0.1, 0.15) is 157 Å². The van der Waals surface area contributed by atoms with Crippen molar-refractivity contribution in [3.8, 4) is 0 Å². The monoisotopic (exact) mass is 1420 g/mol. The number of esters is 2. The average Bonchev–Trinajstić information content (AvgIpc) is 0.796. The minimum Gasteiger partial charge on any atom is -0.468 e. The van der Waals surface area contributed by atoms with Gasteiger partial charge in [0, 0.05) is 48.8 Å². The van der Waals surface area contributed by atoms with Gasteiger partial charge in [-0.05, 0) is 116 Å². The number of aliphatic hydroxyl groups is 1. The first-order valence-electron chi connectivity index (χ1n) is 33.6. The lowest BCUT2D eigenvalue weighted by atomic mass is 9.86. The maximum absolute atomic E-state index is 15.3. The van der Waals surface area contributed by atoms with E-state index in [2.05, 4.69) is 26.0 Å². The Morgan fingerprint density at radius 2 is 1.09 bits per heavy atom. The SMILES string of the molecule is C/C=C/C[C@@H](C)[C@@H](OC(=O)C(F)(F)F)[C@@H](C(=O)N[C@@H](CC)C(=O)N(C)CC(=O)OC)N(C)C(=O)[C@H](C(C)C)N(C)C(=O)[C@H](CC(C)C)N(C)CC(C=O)(CC(C)C)N(C)C(=O)[C@H](C)NC(=O)[C@@H](C)NC(=O)[C@H](CC(C)C)N(C)C(=O)[C@@H](NC(=O)[C@H](CO)N(C)C(=O)OC(C)(C)C)C(C)C. The van der Waals surface area contributed by atoms with Gasteiger partial charge in [-0.15, -0.1) is 0 Å². The lowest BCUT2D eigenvalue weighted by Gasteiger charge is -2.45. The number of hydrogen-bond donors (Lipinski definition) is 5. The zero-order valence-electron chi connectivity index (χ0n) is 63.4. The Morgan fingerprint density at radius 3 is 1.54 bits per heavy atom. The molecule has 1 unspecified atom stereocenters. The van der Waals surface area contributed by atoms with Gasteiger partial charge in [0.25, 0.3) is 0 Å². The lowest BCUT2D eigenvalue weighted by molar-refractivity contribution is -0.210. The third-order valence-electron chi connectivity index (χ3n) is 16.9. The number of nitrogens with zero attached hydrogens (tertiary/aromatic N) is 7. The first-order chi connectivity index (χ1) is 45.4. The number of ether oxygens (including phenoxy) is 3. The fourth-order valence-corrected chi connectivity index (χ4v) is 11.3. The van der Waals surface area contributed by atoms with Crippen LogP contribution in [-0.2, 0) is 71.7 Å². The molecule has 31 heteroatoms. The number of halogens is 3. The Labute approximate surface area is 584 Å². The number of carbonyl (C=O) groups excluding carboxylic acids is 13. The van der Waals surface area contributed by atoms with Crippen LogP contribution in [0.5, 0.6) is 0 Å². The molecule has 0 aliphatic rings. The molecule has 0 aromatic carbocycles. The fraction of sp³-hybridized carbons (Fsp3) is 0.779. The summed E-state index contributed by atoms with van der Waals surface area (Å²) in [5.41, 5.74) is -2.64. The van der Waals surface area contributed by atoms with Crippen LogP contribution in [0.3, 0.4) is 0 Å². The second-order valence-electron chi connectivity index (χ2n) is 28.8. The van der Waals surface area contributed by atoms with Crippen LogP contribution in [0.4, 0.5) is 18.0 Å². The summed E-state index contributed by atoms with van der Waals surface area (Å²) in [6.45, 7) is 27.8. The third kappa shape index (κ3) is 27.6. The van der Waals surface area contributed by atoms with E-state index in [9.17, 15) is 71.0 Å². The Bertz CT molecular complexity index is 2780. The van der Waals surface area contributed by atoms with Crippen molar-refractivity contribution in [1.82, 2.24) is 55.6 Å². The van der Waals surface area contributed by atoms with Crippen LogP contribution < -0.4 is 21.3 Å². The van der Waals surface area contributed by atoms with Crippen LogP contribution >= 0.6 is 0 Å². The van der Waals surface area contributed by atoms with E-state index >= 15 is 9.59 Å². The van der Waals surface area contributed by atoms with Crippen LogP contribution in [0.15, 0.2) is 12.2 Å². The molecule has 99 heavy (non-hydrogen) atoms. The molecule has 0 aromatic heterocycles. The molecule has 28 nitrogen and oxygen atoms in total. The topological polar surface area (TPSA) is 341 Å². The number of carbonyl (C=O) groups is 13. The van der Waals surface area contributed by atoms with Gasteiger partial charge < -0.3 is 69.9 Å². The van der Waals surface area contributed by atoms with E-state index in [1.807, 2.05) is 13.8 Å². The highest BCUT2D eigenvalue weighted by Crippen LogP contribution is 2.30. The smallest absolute Gasteiger partial charge is 0.468 e. The number of amides is 10. The first kappa shape index (κ1) is 91.6. The summed E-state index contributed by atoms with van der Waals surface area (Å²) < 4.78 is 57.5. The van der Waals surface area contributed by atoms with Gasteiger partial charge >= 0.3 is 24.2 Å². The van der Waals surface area contributed by atoms with Gasteiger partial charge in [-0.3, -0.25) is 57.7 Å². The van der Waals surface area contributed by atoms with E-state index in [0.29, 0.717) is 6.29 Å². The quantitative estimate of drug-likeness (QED) is 0.0252. The van der Waals surface area contributed by atoms with Crippen molar-refractivity contribution in [3.63, 3.8) is 0 Å². The summed E-state index contributed by atoms with van der Waals surface area (Å²) >= 11 is 0. The first-order valence-corrected chi connectivity index (χ1v) is 33.6. The molecule has 10 amide bonds. The molecule has 0 fully saturated rings. The summed E-state index contributed by atoms with van der Waals surface area (Å²) in [5, 5.41) is 20.5. The van der Waals surface area contributed by atoms with Crippen molar-refractivity contribution in [1.29, 1.82) is 0 Å². The van der Waals surface area contributed by atoms with Crippen LogP contribution in [0.25, 0.3) is 0 Å². The highest BCUT2D eigenvalue weighted by molar-refractivity contribution is 5.98. The summed E-state index contributed by atoms with van der Waals surface area (Å²) in [4.78, 5) is 189. The van der Waals surface area contributed by atoms with Gasteiger partial charge in [0.15, 0.2) is 0 Å². The van der Waals surface area contributed by atoms with Gasteiger partial charge in [-0.1, -0.05) is 95.2 Å². The van der Waals surface area contributed by atoms with E-state index in [0.717, 1.165) is 38.7 Å². The number of methoxy groups -OCH3 is 1. The highest BCUT2D eigenvalue weighted by atomic mass is 19.4. The minimum absolute atomic E-state index is 0.0184. The summed E-state index contributed by atoms with van der Waals surface area (Å²) in [7, 11) is 10.3. The van der Waals surface area contributed by atoms with E-state index in [1.165, 1.54) is 67.8 Å². The van der Waals surface area contributed by atoms with Gasteiger partial charge in [0.2, 0.25) is 53.2 Å². The number of hydrogen-bond acceptors (Lipinski definition) is 18. The summed E-state index contributed by atoms with van der Waals surface area (Å²) in [6, 6.07) is -12.8. The molecule has 0 rings (SSSR count). The van der Waals surface area contributed by atoms with Gasteiger partial charge in [-0.25, -0.2) is 9.59 Å². The predicted molar refractivity (Wildman–Crippen MR) is 364 cm³/mol. The number of aldehydes is 1. The van der Waals surface area contributed by atoms with Gasteiger partial charge in [0.1, 0.15) is 78.4 Å². The molecule has 0 saturated carbocycles. The standard InChI is InChI=1S/C68H118F3N11O17/c1-27-29-30-43(13)54(98-64(95)68(69,70)71)53(58(89)74-46(28-2)60(91)76(19)34-50(85)97-26)81(24)63(94)52(42(11)12)80(23)61(92)48(32-39(5)6)77(20)36-67(37-84,33-40(7)8)82(25)59(90)45(15)73-55(86)44(14)72-56(87)47(31-38(3)4)78(21)62(93)51(41(9)10)75-57(88)49(35-83)79(22)65(96)99-66(16,17)18/h27,29,37-49,51-54,83H,28,30-36H2,1-26H3,(H,72,87)(H,73,86)(H,74,89)(H,75,88)/b29-27+/t43-,44-,45+,46+,47+,48+,49+,51+,52+,53+,54-,67?/m1/s1. The molecule has 0 aromatic rings. The molecule has 0 saturated heterocycles. The Balaban J connectivity index is 7.42. The van der Waals surface area contributed by atoms with E-state index in [-0.39, 0.29) is 56.4 Å². The molecule has 0 spiro atoms. The largest absolute Gasteiger partial charge is 0.490 e. The number of likely N-dealkylation sites (N-methyl/N-ethyl adjacent to an activating group) is 7. The number of rotatable bonds is 39. The van der Waals surface area contributed by atoms with Crippen molar-refractivity contribution in [2.24, 2.45) is 35.5 Å². The minimum atomic E-state index is -5.56. The number of allylic oxidation sites excluding steroid dienone is 2. The molecule has 12 atom stereocenters. The van der Waals surface area contributed by atoms with Crippen LogP contribution in [-0.4, -0.2) is 271 Å². The molecule has 568 valence electrons. The highest BCUT2D eigenvalue weighted by Gasteiger charge is 2.50. The zero-order valence-corrected chi connectivity index (χ0v) is 63.4. The Morgan fingerprint density at radius 1 is 0.576 bits per heavy atom. The molecule has 5 N–H and O–H groups in total. The van der Waals surface area contributed by atoms with E-state index < -0.39 is 180 Å². The maximum Gasteiger partial charge on any atom is 0.490 e. The molecule has 0 heterocycles. The third-order valence-corrected chi connectivity index (χ3v) is 16.9. The molecule has 0 radical (unpaired) electrons. The Kier molecular flexibility index (Phi) is 37.7. The number of nitrogens with one attached hydrogen (secondary N) is 4. The van der Waals surface area contributed by atoms with Crippen molar-refractivity contribution >= 4 is 77.5 Å². The molecule has 0 aliphatic heterocycles. The maximum atomic E-state index is 15.3. The van der Waals surface area contributed by atoms with Crippen molar-refractivity contribution in [3.05, 3.63) is 12.2 Å². The molecular formula is C68H118F3N11O17. The second kappa shape index (κ2) is 40.7. The zero-order chi connectivity index (χ0) is 77.4. The fourth-order valence-electron chi connectivity index (χ4n) is 11.3. The molecule has 0 bridgehead atoms. The van der Waals surface area contributed by atoms with Crippen LogP contribution in [0.2, 0.25) is 0 Å². The van der Waals surface area contributed by atoms with Gasteiger partial charge in [-0.2, -0.15) is 13.2 Å². The van der Waals surface area contributed by atoms with Crippen molar-refractivity contribution in [2.45, 2.75) is 235 Å². The number of alkyl halides is 3. The van der Waals surface area contributed by atoms with Crippen molar-refractivity contribution < 1.29 is 94.8 Å². The van der Waals surface area contributed by atoms with E-state index in [1.54, 1.807) is 107 Å². The normalized spacial score (nSPS) is 16.0.